The fraction of sp³-hybridized carbons (Fsp3) is 0.0345. The maximum absolute atomic E-state index is 6.30. The number of allylic oxidation sites excluding steroid dienone is 2. The van der Waals surface area contributed by atoms with Crippen LogP contribution in [0.5, 0.6) is 0 Å². The minimum absolute atomic E-state index is 0.0798. The number of hydrogen-bond donors (Lipinski definition) is 0. The van der Waals surface area contributed by atoms with Gasteiger partial charge in [0.05, 0.1) is 6.04 Å². The van der Waals surface area contributed by atoms with E-state index in [9.17, 15) is 0 Å². The van der Waals surface area contributed by atoms with Gasteiger partial charge in [0.25, 0.3) is 0 Å². The number of furan rings is 2. The molecule has 3 heteroatoms. The molecule has 0 spiro atoms. The third-order valence-electron chi connectivity index (χ3n) is 12.4. The molecule has 1 aliphatic carbocycles. The molecule has 9 aromatic carbocycles. The van der Waals surface area contributed by atoms with Gasteiger partial charge in [-0.2, -0.15) is 0 Å². The summed E-state index contributed by atoms with van der Waals surface area (Å²) < 4.78 is 12.6. The summed E-state index contributed by atoms with van der Waals surface area (Å²) in [5, 5.41) is 6.97. The molecule has 0 saturated heterocycles. The van der Waals surface area contributed by atoms with Crippen LogP contribution in [0.4, 0.5) is 11.4 Å². The minimum atomic E-state index is 0.0798. The van der Waals surface area contributed by atoms with Gasteiger partial charge in [0.15, 0.2) is 0 Å². The van der Waals surface area contributed by atoms with E-state index in [4.69, 9.17) is 8.83 Å². The van der Waals surface area contributed by atoms with Crippen LogP contribution in [0.25, 0.3) is 93.6 Å². The molecule has 12 rings (SSSR count). The molecule has 1 unspecified atom stereocenters. The Hall–Kier alpha value is -7.88. The zero-order valence-corrected chi connectivity index (χ0v) is 33.3. The summed E-state index contributed by atoms with van der Waals surface area (Å²) in [6, 6.07) is 71.8. The summed E-state index contributed by atoms with van der Waals surface area (Å²) in [5.41, 5.74) is 15.4. The highest BCUT2D eigenvalue weighted by atomic mass is 16.3. The first-order valence-electron chi connectivity index (χ1n) is 21.0. The van der Waals surface area contributed by atoms with Crippen molar-refractivity contribution in [2.45, 2.75) is 12.5 Å². The van der Waals surface area contributed by atoms with E-state index < -0.39 is 0 Å². The van der Waals surface area contributed by atoms with Gasteiger partial charge in [-0.3, -0.25) is 0 Å². The van der Waals surface area contributed by atoms with Gasteiger partial charge < -0.3 is 13.7 Å². The van der Waals surface area contributed by atoms with Crippen molar-refractivity contribution >= 4 is 71.6 Å². The summed E-state index contributed by atoms with van der Waals surface area (Å²) in [5.74, 6) is 0. The maximum atomic E-state index is 6.30. The van der Waals surface area contributed by atoms with Crippen molar-refractivity contribution in [1.82, 2.24) is 0 Å². The number of benzene rings is 9. The van der Waals surface area contributed by atoms with Crippen molar-refractivity contribution in [2.24, 2.45) is 0 Å². The van der Waals surface area contributed by atoms with Crippen molar-refractivity contribution in [2.75, 3.05) is 4.90 Å². The average Bonchev–Trinajstić information content (AvgIpc) is 3.92. The molecule has 1 atom stereocenters. The number of rotatable bonds is 7. The first-order valence-corrected chi connectivity index (χ1v) is 21.0. The molecule has 0 amide bonds. The Labute approximate surface area is 353 Å². The van der Waals surface area contributed by atoms with E-state index in [1.54, 1.807) is 0 Å². The molecule has 0 saturated carbocycles. The van der Waals surface area contributed by atoms with Crippen LogP contribution >= 0.6 is 0 Å². The summed E-state index contributed by atoms with van der Waals surface area (Å²) in [6.45, 7) is 0. The normalized spacial score (nSPS) is 14.0. The lowest BCUT2D eigenvalue weighted by atomic mass is 9.92. The topological polar surface area (TPSA) is 29.5 Å². The first-order chi connectivity index (χ1) is 30.2. The zero-order chi connectivity index (χ0) is 40.3. The summed E-state index contributed by atoms with van der Waals surface area (Å²) in [6.07, 6.45) is 7.92. The fourth-order valence-corrected chi connectivity index (χ4v) is 9.47. The van der Waals surface area contributed by atoms with Crippen molar-refractivity contribution in [3.8, 4) is 33.4 Å². The highest BCUT2D eigenvalue weighted by molar-refractivity contribution is 6.19. The summed E-state index contributed by atoms with van der Waals surface area (Å²) >= 11 is 0. The van der Waals surface area contributed by atoms with Gasteiger partial charge in [-0.05, 0) is 111 Å². The Morgan fingerprint density at radius 2 is 1.00 bits per heavy atom. The smallest absolute Gasteiger partial charge is 0.136 e. The van der Waals surface area contributed by atoms with E-state index in [1.807, 2.05) is 18.2 Å². The van der Waals surface area contributed by atoms with E-state index in [1.165, 1.54) is 44.2 Å². The van der Waals surface area contributed by atoms with Crippen molar-refractivity contribution in [3.63, 3.8) is 0 Å². The molecular weight excluding hydrogens is 743 g/mol. The van der Waals surface area contributed by atoms with E-state index in [0.717, 1.165) is 72.8 Å². The number of para-hydroxylation sites is 2. The molecule has 0 N–H and O–H groups in total. The first kappa shape index (κ1) is 35.1. The third kappa shape index (κ3) is 6.05. The molecular formula is C58H39NO2. The van der Waals surface area contributed by atoms with Crippen molar-refractivity contribution in [1.29, 1.82) is 0 Å². The minimum Gasteiger partial charge on any atom is -0.456 e. The Morgan fingerprint density at radius 1 is 0.410 bits per heavy atom. The van der Waals surface area contributed by atoms with Crippen molar-refractivity contribution in [3.05, 3.63) is 224 Å². The monoisotopic (exact) mass is 781 g/mol. The average molecular weight is 782 g/mol. The van der Waals surface area contributed by atoms with Gasteiger partial charge in [-0.15, -0.1) is 0 Å². The number of anilines is 2. The number of fused-ring (bicyclic) bond motifs is 8. The molecule has 0 bridgehead atoms. The second-order valence-electron chi connectivity index (χ2n) is 16.0. The predicted molar refractivity (Wildman–Crippen MR) is 255 cm³/mol. The van der Waals surface area contributed by atoms with Crippen LogP contribution in [0, 0.1) is 0 Å². The highest BCUT2D eigenvalue weighted by Gasteiger charge is 2.25. The van der Waals surface area contributed by atoms with Crippen LogP contribution in [0.2, 0.25) is 0 Å². The van der Waals surface area contributed by atoms with Gasteiger partial charge in [0.1, 0.15) is 22.3 Å². The maximum Gasteiger partial charge on any atom is 0.136 e. The Morgan fingerprint density at radius 3 is 1.74 bits per heavy atom. The number of hydrogen-bond acceptors (Lipinski definition) is 3. The Balaban J connectivity index is 1.01. The number of nitrogens with zero attached hydrogens (tertiary/aromatic N) is 1. The fourth-order valence-electron chi connectivity index (χ4n) is 9.47. The molecule has 61 heavy (non-hydrogen) atoms. The Kier molecular flexibility index (Phi) is 8.31. The highest BCUT2D eigenvalue weighted by Crippen LogP contribution is 2.44. The van der Waals surface area contributed by atoms with Gasteiger partial charge in [0, 0.05) is 38.5 Å². The molecule has 0 aliphatic heterocycles. The van der Waals surface area contributed by atoms with Crippen LogP contribution in [-0.4, -0.2) is 6.04 Å². The lowest BCUT2D eigenvalue weighted by Crippen LogP contribution is -2.30. The van der Waals surface area contributed by atoms with Gasteiger partial charge in [0.2, 0.25) is 0 Å². The van der Waals surface area contributed by atoms with E-state index in [-0.39, 0.29) is 6.04 Å². The summed E-state index contributed by atoms with van der Waals surface area (Å²) in [7, 11) is 0. The van der Waals surface area contributed by atoms with Crippen LogP contribution in [0.3, 0.4) is 0 Å². The third-order valence-corrected chi connectivity index (χ3v) is 12.4. The van der Waals surface area contributed by atoms with E-state index in [2.05, 4.69) is 205 Å². The molecule has 1 aliphatic rings. The molecule has 3 nitrogen and oxygen atoms in total. The predicted octanol–water partition coefficient (Wildman–Crippen LogP) is 16.2. The molecule has 2 aromatic heterocycles. The van der Waals surface area contributed by atoms with Crippen LogP contribution in [-0.2, 0) is 0 Å². The zero-order valence-electron chi connectivity index (χ0n) is 33.3. The molecule has 288 valence electrons. The standard InChI is InChI=1S/C58H39NO2/c1-3-12-38(13-4-1)39-24-30-45(31-25-39)59(46-32-26-41(27-33-46)47-18-11-21-55-57(47)48-16-7-9-19-53(48)60-55)52-34-28-44(36-50(52)40-14-5-2-6-15-40)43-23-22-42-29-35-56-58(51(42)37-43)49-17-8-10-20-54(49)61-56/h1-30,32-37,45H,31H2. The molecule has 2 heterocycles. The second kappa shape index (κ2) is 14.4. The second-order valence-corrected chi connectivity index (χ2v) is 16.0. The summed E-state index contributed by atoms with van der Waals surface area (Å²) in [4.78, 5) is 2.53. The molecule has 0 fully saturated rings. The van der Waals surface area contributed by atoms with Crippen molar-refractivity contribution < 1.29 is 8.83 Å². The van der Waals surface area contributed by atoms with Crippen LogP contribution in [0.15, 0.2) is 227 Å². The lowest BCUT2D eigenvalue weighted by molar-refractivity contribution is 0.668. The van der Waals surface area contributed by atoms with Crippen LogP contribution < -0.4 is 4.90 Å². The molecule has 0 radical (unpaired) electrons. The van der Waals surface area contributed by atoms with E-state index in [0.29, 0.717) is 0 Å². The largest absolute Gasteiger partial charge is 0.456 e. The SMILES string of the molecule is C1=CC(N(c2ccc(-c3cccc4oc5ccccc5c34)cc2)c2ccc(-c3ccc4ccc5oc6ccccc6c5c4c3)cc2-c2ccccc2)CC=C1c1ccccc1. The van der Waals surface area contributed by atoms with Crippen LogP contribution in [0.1, 0.15) is 12.0 Å². The Bertz CT molecular complexity index is 3500. The lowest BCUT2D eigenvalue weighted by Gasteiger charge is -2.35. The molecule has 11 aromatic rings. The van der Waals surface area contributed by atoms with E-state index >= 15 is 0 Å². The van der Waals surface area contributed by atoms with Gasteiger partial charge in [-0.1, -0.05) is 164 Å². The quantitative estimate of drug-likeness (QED) is 0.161. The van der Waals surface area contributed by atoms with Gasteiger partial charge in [-0.25, -0.2) is 0 Å². The van der Waals surface area contributed by atoms with Gasteiger partial charge >= 0.3 is 0 Å².